The zero-order valence-electron chi connectivity index (χ0n) is 21.1. The highest BCUT2D eigenvalue weighted by atomic mass is 32.1. The third kappa shape index (κ3) is 6.34. The fourth-order valence-corrected chi connectivity index (χ4v) is 8.55. The summed E-state index contributed by atoms with van der Waals surface area (Å²) >= 11 is 6.61. The van der Waals surface area contributed by atoms with E-state index in [1.54, 1.807) is 45.3 Å². The number of Topliss-reactive ketones (excluding diaryl/α,β-unsaturated/α-hetero) is 2. The largest absolute Gasteiger partial charge is 0.294 e. The third-order valence-corrected chi connectivity index (χ3v) is 10.5. The van der Waals surface area contributed by atoms with Gasteiger partial charge in [0.05, 0.1) is 14.6 Å². The molecule has 0 radical (unpaired) electrons. The minimum absolute atomic E-state index is 0.220. The van der Waals surface area contributed by atoms with Crippen molar-refractivity contribution in [3.63, 3.8) is 0 Å². The summed E-state index contributed by atoms with van der Waals surface area (Å²) in [5.41, 5.74) is 3.00. The molecule has 6 heteroatoms. The molecule has 0 aromatic carbocycles. The molecule has 0 saturated carbocycles. The van der Waals surface area contributed by atoms with Crippen LogP contribution in [0.3, 0.4) is 0 Å². The van der Waals surface area contributed by atoms with Crippen LogP contribution in [0.15, 0.2) is 46.5 Å². The molecule has 0 unspecified atom stereocenters. The zero-order chi connectivity index (χ0) is 25.3. The van der Waals surface area contributed by atoms with Crippen LogP contribution < -0.4 is 0 Å². The molecule has 0 aliphatic carbocycles. The van der Waals surface area contributed by atoms with Crippen molar-refractivity contribution in [3.8, 4) is 30.6 Å². The summed E-state index contributed by atoms with van der Waals surface area (Å²) in [4.78, 5) is 32.1. The molecule has 190 valence electrons. The maximum absolute atomic E-state index is 13.6. The van der Waals surface area contributed by atoms with Crippen LogP contribution in [0, 0.1) is 0 Å². The molecule has 0 amide bonds. The molecule has 0 atom stereocenters. The molecule has 0 aliphatic rings. The second-order valence-corrected chi connectivity index (χ2v) is 12.9. The number of hydrogen-bond donors (Lipinski definition) is 0. The van der Waals surface area contributed by atoms with E-state index >= 15 is 0 Å². The van der Waals surface area contributed by atoms with E-state index in [2.05, 4.69) is 48.9 Å². The van der Waals surface area contributed by atoms with Gasteiger partial charge < -0.3 is 0 Å². The van der Waals surface area contributed by atoms with Gasteiger partial charge in [0.15, 0.2) is 11.6 Å². The van der Waals surface area contributed by atoms with Crippen molar-refractivity contribution in [3.05, 3.63) is 56.9 Å². The van der Waals surface area contributed by atoms with Crippen molar-refractivity contribution in [2.24, 2.45) is 0 Å². The minimum atomic E-state index is 0.220. The highest BCUT2D eigenvalue weighted by molar-refractivity contribution is 7.24. The van der Waals surface area contributed by atoms with Crippen molar-refractivity contribution < 1.29 is 9.59 Å². The van der Waals surface area contributed by atoms with Crippen LogP contribution in [0.25, 0.3) is 30.6 Å². The van der Waals surface area contributed by atoms with Crippen LogP contribution in [0.2, 0.25) is 0 Å². The molecule has 0 aliphatic heterocycles. The lowest BCUT2D eigenvalue weighted by Crippen LogP contribution is -1.98. The van der Waals surface area contributed by atoms with Crippen LogP contribution in [0.5, 0.6) is 0 Å². The molecule has 36 heavy (non-hydrogen) atoms. The first-order chi connectivity index (χ1) is 17.7. The SMILES string of the molecule is CCCCCCC(=O)c1ccsc1-c1sc(C(=O)CCCCCC)c(-c2cccs2)c1-c1cccs1. The molecule has 2 nitrogen and oxygen atoms in total. The quantitative estimate of drug-likeness (QED) is 0.108. The van der Waals surface area contributed by atoms with E-state index < -0.39 is 0 Å². The van der Waals surface area contributed by atoms with E-state index in [0.717, 1.165) is 79.6 Å². The van der Waals surface area contributed by atoms with Gasteiger partial charge in [-0.25, -0.2) is 0 Å². The van der Waals surface area contributed by atoms with Crippen molar-refractivity contribution in [1.82, 2.24) is 0 Å². The van der Waals surface area contributed by atoms with Crippen LogP contribution in [-0.4, -0.2) is 11.6 Å². The van der Waals surface area contributed by atoms with Crippen molar-refractivity contribution in [1.29, 1.82) is 0 Å². The molecule has 4 aromatic rings. The number of ketones is 2. The summed E-state index contributed by atoms with van der Waals surface area (Å²) in [6.45, 7) is 4.38. The maximum atomic E-state index is 13.6. The Balaban J connectivity index is 1.78. The molecule has 0 bridgehead atoms. The Morgan fingerprint density at radius 2 is 1.25 bits per heavy atom. The Bertz CT molecular complexity index is 1240. The van der Waals surface area contributed by atoms with E-state index in [9.17, 15) is 9.59 Å². The number of unbranched alkanes of at least 4 members (excludes halogenated alkanes) is 6. The number of rotatable bonds is 15. The summed E-state index contributed by atoms with van der Waals surface area (Å²) in [5.74, 6) is 0.450. The maximum Gasteiger partial charge on any atom is 0.173 e. The number of thiophene rings is 4. The average molecular weight is 555 g/mol. The standard InChI is InChI=1S/C30H34O2S4/c1-3-5-7-9-13-22(31)21-17-20-35-28(21)30-27(25-16-12-19-34-25)26(24-15-11-18-33-24)29(36-30)23(32)14-10-8-6-4-2/h11-12,15-20H,3-10,13-14H2,1-2H3. The van der Waals surface area contributed by atoms with E-state index in [-0.39, 0.29) is 11.6 Å². The molecule has 0 saturated heterocycles. The monoisotopic (exact) mass is 554 g/mol. The van der Waals surface area contributed by atoms with Gasteiger partial charge in [-0.2, -0.15) is 0 Å². The van der Waals surface area contributed by atoms with E-state index in [1.165, 1.54) is 12.8 Å². The smallest absolute Gasteiger partial charge is 0.173 e. The normalized spacial score (nSPS) is 11.3. The van der Waals surface area contributed by atoms with Gasteiger partial charge in [0.1, 0.15) is 0 Å². The number of carbonyl (C=O) groups excluding carboxylic acids is 2. The van der Waals surface area contributed by atoms with Gasteiger partial charge >= 0.3 is 0 Å². The topological polar surface area (TPSA) is 34.1 Å². The first-order valence-corrected chi connectivity index (χ1v) is 16.5. The molecule has 0 fully saturated rings. The van der Waals surface area contributed by atoms with E-state index in [4.69, 9.17) is 0 Å². The van der Waals surface area contributed by atoms with Crippen LogP contribution in [0.4, 0.5) is 0 Å². The fourth-order valence-electron chi connectivity index (χ4n) is 4.48. The van der Waals surface area contributed by atoms with Gasteiger partial charge in [0.25, 0.3) is 0 Å². The lowest BCUT2D eigenvalue weighted by molar-refractivity contribution is 0.0973. The van der Waals surface area contributed by atoms with E-state index in [0.29, 0.717) is 12.8 Å². The molecule has 0 N–H and O–H groups in total. The Labute approximate surface area is 231 Å². The average Bonchev–Trinajstić information content (AvgIpc) is 3.68. The predicted octanol–water partition coefficient (Wildman–Crippen LogP) is 11.2. The Morgan fingerprint density at radius 3 is 1.83 bits per heavy atom. The van der Waals surface area contributed by atoms with Crippen molar-refractivity contribution in [2.75, 3.05) is 0 Å². The molecule has 0 spiro atoms. The third-order valence-electron chi connectivity index (χ3n) is 6.38. The number of hydrogen-bond acceptors (Lipinski definition) is 6. The summed E-state index contributed by atoms with van der Waals surface area (Å²) in [6.07, 6.45) is 9.89. The van der Waals surface area contributed by atoms with Gasteiger partial charge in [0, 0.05) is 39.3 Å². The zero-order valence-corrected chi connectivity index (χ0v) is 24.4. The van der Waals surface area contributed by atoms with Gasteiger partial charge in [-0.15, -0.1) is 45.3 Å². The first-order valence-electron chi connectivity index (χ1n) is 13.0. The fraction of sp³-hybridized carbons (Fsp3) is 0.400. The highest BCUT2D eigenvalue weighted by Gasteiger charge is 2.29. The summed E-state index contributed by atoms with van der Waals surface area (Å²) in [5, 5.41) is 6.20. The number of carbonyl (C=O) groups is 2. The van der Waals surface area contributed by atoms with E-state index in [1.807, 2.05) is 11.4 Å². The van der Waals surface area contributed by atoms with Crippen molar-refractivity contribution in [2.45, 2.75) is 78.1 Å². The van der Waals surface area contributed by atoms with Gasteiger partial charge in [-0.3, -0.25) is 9.59 Å². The summed E-state index contributed by atoms with van der Waals surface area (Å²) in [6, 6.07) is 10.4. The first kappa shape index (κ1) is 27.2. The molecular formula is C30H34O2S4. The lowest BCUT2D eigenvalue weighted by atomic mass is 9.98. The highest BCUT2D eigenvalue weighted by Crippen LogP contribution is 2.52. The Kier molecular flexibility index (Phi) is 10.3. The van der Waals surface area contributed by atoms with Crippen LogP contribution >= 0.6 is 45.3 Å². The molecule has 4 aromatic heterocycles. The van der Waals surface area contributed by atoms with Crippen LogP contribution in [0.1, 0.15) is 98.1 Å². The Morgan fingerprint density at radius 1 is 0.639 bits per heavy atom. The minimum Gasteiger partial charge on any atom is -0.294 e. The predicted molar refractivity (Wildman–Crippen MR) is 160 cm³/mol. The molecule has 4 heterocycles. The van der Waals surface area contributed by atoms with Gasteiger partial charge in [-0.05, 0) is 47.2 Å². The Hall–Kier alpha value is -1.86. The van der Waals surface area contributed by atoms with Crippen LogP contribution in [-0.2, 0) is 0 Å². The van der Waals surface area contributed by atoms with Gasteiger partial charge in [0.2, 0.25) is 0 Å². The second kappa shape index (κ2) is 13.6. The summed E-state index contributed by atoms with van der Waals surface area (Å²) in [7, 11) is 0. The molecular weight excluding hydrogens is 521 g/mol. The van der Waals surface area contributed by atoms with Gasteiger partial charge in [-0.1, -0.05) is 64.5 Å². The lowest BCUT2D eigenvalue weighted by Gasteiger charge is -2.07. The molecule has 4 rings (SSSR count). The summed E-state index contributed by atoms with van der Waals surface area (Å²) < 4.78 is 0. The second-order valence-electron chi connectivity index (χ2n) is 9.10. The van der Waals surface area contributed by atoms with Crippen molar-refractivity contribution >= 4 is 56.9 Å².